The van der Waals surface area contributed by atoms with Gasteiger partial charge in [0.2, 0.25) is 5.95 Å². The summed E-state index contributed by atoms with van der Waals surface area (Å²) < 4.78 is 31.8. The number of nitrogens with zero attached hydrogens (tertiary/aromatic N) is 5. The molecule has 38 heavy (non-hydrogen) atoms. The molecule has 12 heteroatoms. The van der Waals surface area contributed by atoms with E-state index in [0.29, 0.717) is 34.9 Å². The number of aryl methyl sites for hydroxylation is 1. The maximum atomic E-state index is 14.3. The lowest BCUT2D eigenvalue weighted by molar-refractivity contribution is -0.105. The summed E-state index contributed by atoms with van der Waals surface area (Å²) in [5, 5.41) is 23.6. The molecule has 3 N–H and O–H groups in total. The smallest absolute Gasteiger partial charge is 0.329 e. The number of benzene rings is 1. The molecule has 2 aromatic heterocycles. The van der Waals surface area contributed by atoms with Crippen LogP contribution in [-0.4, -0.2) is 60.0 Å². The summed E-state index contributed by atoms with van der Waals surface area (Å²) in [6.45, 7) is 8.67. The maximum Gasteiger partial charge on any atom is 0.329 e. The van der Waals surface area contributed by atoms with Crippen molar-refractivity contribution < 1.29 is 19.0 Å². The Hall–Kier alpha value is -2.76. The summed E-state index contributed by atoms with van der Waals surface area (Å²) in [4.78, 5) is 23.7. The predicted octanol–water partition coefficient (Wildman–Crippen LogP) is 4.26. The highest BCUT2D eigenvalue weighted by Gasteiger charge is 2.47. The number of piperidine rings is 1. The van der Waals surface area contributed by atoms with Crippen molar-refractivity contribution in [3.63, 3.8) is 0 Å². The minimum atomic E-state index is -2.76. The van der Waals surface area contributed by atoms with Crippen LogP contribution in [0.1, 0.15) is 41.0 Å². The summed E-state index contributed by atoms with van der Waals surface area (Å²) in [6.07, 6.45) is 1.06. The molecular weight excluding hydrogens is 518 g/mol. The number of imidazole rings is 1. The summed E-state index contributed by atoms with van der Waals surface area (Å²) in [5.41, 5.74) is 0.615. The lowest BCUT2D eigenvalue weighted by atomic mass is 9.87. The van der Waals surface area contributed by atoms with Gasteiger partial charge in [-0.2, -0.15) is 4.98 Å². The molecule has 3 heterocycles. The summed E-state index contributed by atoms with van der Waals surface area (Å²) in [7, 11) is 0. The topological polar surface area (TPSA) is 108 Å². The zero-order valence-electron chi connectivity index (χ0n) is 22.2. The highest BCUT2D eigenvalue weighted by atomic mass is 35.5. The average Bonchev–Trinajstić information content (AvgIpc) is 3.06. The molecule has 0 unspecified atom stereocenters. The van der Waals surface area contributed by atoms with Crippen LogP contribution in [0.2, 0.25) is 5.02 Å². The molecule has 1 saturated heterocycles. The predicted molar refractivity (Wildman–Crippen MR) is 145 cm³/mol. The quantitative estimate of drug-likeness (QED) is 0.383. The Morgan fingerprint density at radius 3 is 2.47 bits per heavy atom. The Morgan fingerprint density at radius 2 is 1.87 bits per heavy atom. The van der Waals surface area contributed by atoms with Crippen molar-refractivity contribution in [2.24, 2.45) is 11.8 Å². The van der Waals surface area contributed by atoms with Gasteiger partial charge in [0.15, 0.2) is 5.82 Å². The van der Waals surface area contributed by atoms with E-state index in [9.17, 15) is 23.8 Å². The van der Waals surface area contributed by atoms with Crippen LogP contribution in [0, 0.1) is 11.8 Å². The number of aliphatic hydroxyl groups is 2. The van der Waals surface area contributed by atoms with E-state index in [1.54, 1.807) is 48.4 Å². The van der Waals surface area contributed by atoms with Crippen LogP contribution >= 0.6 is 11.6 Å². The minimum absolute atomic E-state index is 0.120. The van der Waals surface area contributed by atoms with Crippen LogP contribution in [-0.2, 0) is 13.1 Å². The van der Waals surface area contributed by atoms with Gasteiger partial charge in [-0.3, -0.25) is 9.13 Å². The molecule has 0 bridgehead atoms. The third-order valence-electron chi connectivity index (χ3n) is 6.99. The Labute approximate surface area is 225 Å². The molecule has 208 valence electrons. The van der Waals surface area contributed by atoms with Gasteiger partial charge in [-0.05, 0) is 45.4 Å². The first-order chi connectivity index (χ1) is 17.7. The van der Waals surface area contributed by atoms with E-state index in [0.717, 1.165) is 0 Å². The maximum absolute atomic E-state index is 14.3. The van der Waals surface area contributed by atoms with Gasteiger partial charge < -0.3 is 20.4 Å². The molecule has 3 atom stereocenters. The van der Waals surface area contributed by atoms with Gasteiger partial charge in [0, 0.05) is 37.2 Å². The number of hydrogen-bond donors (Lipinski definition) is 3. The van der Waals surface area contributed by atoms with Gasteiger partial charge in [-0.15, -0.1) is 0 Å². The third kappa shape index (κ3) is 5.79. The fourth-order valence-corrected chi connectivity index (χ4v) is 4.94. The van der Waals surface area contributed by atoms with Crippen molar-refractivity contribution in [3.8, 4) is 0 Å². The van der Waals surface area contributed by atoms with Crippen molar-refractivity contribution in [2.75, 3.05) is 23.3 Å². The average molecular weight is 553 g/mol. The van der Waals surface area contributed by atoms with E-state index < -0.39 is 29.5 Å². The molecule has 3 aromatic rings. The highest BCUT2D eigenvalue weighted by molar-refractivity contribution is 6.32. The first-order valence-corrected chi connectivity index (χ1v) is 13.1. The highest BCUT2D eigenvalue weighted by Crippen LogP contribution is 2.39. The Balaban J connectivity index is 1.67. The standard InChI is InChI=1S/C26H35ClF2N6O3/c1-15-12-33(13-16(2)26(15,28)29)23-30-11-19(27)22(32-23)31-18-6-7-20-21(10-18)34(9-8-25(4,5)38)24(37)35(20)14-17(3)36/h6-7,10-11,15-17,36,38H,8-9,12-14H2,1-5H3,(H,30,31,32)/t15-,16+,17-/m0/s1. The van der Waals surface area contributed by atoms with E-state index in [2.05, 4.69) is 15.3 Å². The number of fused-ring (bicyclic) bond motifs is 1. The molecule has 0 spiro atoms. The van der Waals surface area contributed by atoms with Gasteiger partial charge in [0.25, 0.3) is 5.92 Å². The second-order valence-corrected chi connectivity index (χ2v) is 11.4. The molecule has 1 aliphatic heterocycles. The fraction of sp³-hybridized carbons (Fsp3) is 0.577. The molecule has 0 saturated carbocycles. The van der Waals surface area contributed by atoms with E-state index in [1.165, 1.54) is 24.6 Å². The first kappa shape index (κ1) is 28.3. The summed E-state index contributed by atoms with van der Waals surface area (Å²) >= 11 is 6.38. The molecule has 4 rings (SSSR count). The van der Waals surface area contributed by atoms with Gasteiger partial charge in [-0.25, -0.2) is 18.6 Å². The number of halogens is 3. The van der Waals surface area contributed by atoms with Crippen LogP contribution in [0.3, 0.4) is 0 Å². The van der Waals surface area contributed by atoms with E-state index >= 15 is 0 Å². The summed E-state index contributed by atoms with van der Waals surface area (Å²) in [5.74, 6) is -3.85. The molecule has 0 aliphatic carbocycles. The van der Waals surface area contributed by atoms with Gasteiger partial charge in [0.1, 0.15) is 5.02 Å². The first-order valence-electron chi connectivity index (χ1n) is 12.7. The Morgan fingerprint density at radius 1 is 1.21 bits per heavy atom. The fourth-order valence-electron chi connectivity index (χ4n) is 4.80. The Kier molecular flexibility index (Phi) is 7.75. The number of alkyl halides is 2. The number of nitrogens with one attached hydrogen (secondary N) is 1. The minimum Gasteiger partial charge on any atom is -0.392 e. The number of hydrogen-bond acceptors (Lipinski definition) is 7. The molecule has 1 aliphatic rings. The molecule has 0 radical (unpaired) electrons. The molecule has 0 amide bonds. The van der Waals surface area contributed by atoms with Crippen molar-refractivity contribution in [2.45, 2.75) is 71.8 Å². The third-order valence-corrected chi connectivity index (χ3v) is 7.27. The van der Waals surface area contributed by atoms with Crippen molar-refractivity contribution in [1.82, 2.24) is 19.1 Å². The monoisotopic (exact) mass is 552 g/mol. The molecule has 1 fully saturated rings. The van der Waals surface area contributed by atoms with E-state index in [-0.39, 0.29) is 36.9 Å². The second-order valence-electron chi connectivity index (χ2n) is 11.0. The lowest BCUT2D eigenvalue weighted by Crippen LogP contribution is -2.52. The second kappa shape index (κ2) is 10.4. The van der Waals surface area contributed by atoms with E-state index in [4.69, 9.17) is 11.6 Å². The van der Waals surface area contributed by atoms with Crippen LogP contribution in [0.15, 0.2) is 29.2 Å². The molecular formula is C26H35ClF2N6O3. The molecule has 9 nitrogen and oxygen atoms in total. The normalized spacial score (nSPS) is 20.6. The van der Waals surface area contributed by atoms with Crippen molar-refractivity contribution in [1.29, 1.82) is 0 Å². The van der Waals surface area contributed by atoms with Crippen molar-refractivity contribution in [3.05, 3.63) is 39.9 Å². The number of aromatic nitrogens is 4. The number of rotatable bonds is 8. The number of anilines is 3. The van der Waals surface area contributed by atoms with Gasteiger partial charge in [-0.1, -0.05) is 25.4 Å². The number of aliphatic hydroxyl groups excluding tert-OH is 1. The van der Waals surface area contributed by atoms with E-state index in [1.807, 2.05) is 0 Å². The zero-order valence-corrected chi connectivity index (χ0v) is 23.0. The van der Waals surface area contributed by atoms with Crippen molar-refractivity contribution >= 4 is 40.1 Å². The van der Waals surface area contributed by atoms with Crippen LogP contribution < -0.4 is 15.9 Å². The SMILES string of the molecule is C[C@H](O)Cn1c(=O)n(CCC(C)(C)O)c2cc(Nc3nc(N4C[C@@H](C)C(F)(F)[C@@H](C)C4)ncc3Cl)ccc21. The van der Waals surface area contributed by atoms with Gasteiger partial charge in [0.05, 0.1) is 35.5 Å². The van der Waals surface area contributed by atoms with Crippen LogP contribution in [0.25, 0.3) is 11.0 Å². The van der Waals surface area contributed by atoms with Crippen LogP contribution in [0.5, 0.6) is 0 Å². The van der Waals surface area contributed by atoms with Gasteiger partial charge >= 0.3 is 5.69 Å². The lowest BCUT2D eigenvalue weighted by Gasteiger charge is -2.41. The zero-order chi connectivity index (χ0) is 28.0. The largest absolute Gasteiger partial charge is 0.392 e. The van der Waals surface area contributed by atoms with Crippen LogP contribution in [0.4, 0.5) is 26.2 Å². The Bertz CT molecular complexity index is 1350. The summed E-state index contributed by atoms with van der Waals surface area (Å²) in [6, 6.07) is 5.32. The molecule has 1 aromatic carbocycles.